The highest BCUT2D eigenvalue weighted by molar-refractivity contribution is 5.85. The topological polar surface area (TPSA) is 58.6 Å². The van der Waals surface area contributed by atoms with E-state index in [1.807, 2.05) is 45.9 Å². The van der Waals surface area contributed by atoms with E-state index >= 15 is 0 Å². The fourth-order valence-electron chi connectivity index (χ4n) is 2.60. The molecule has 1 fully saturated rings. The van der Waals surface area contributed by atoms with Crippen LogP contribution in [0.3, 0.4) is 0 Å². The van der Waals surface area contributed by atoms with E-state index in [2.05, 4.69) is 10.2 Å². The summed E-state index contributed by atoms with van der Waals surface area (Å²) in [6.07, 6.45) is 1.33. The minimum atomic E-state index is -0.496. The third-order valence-corrected chi connectivity index (χ3v) is 3.56. The summed E-state index contributed by atoms with van der Waals surface area (Å²) in [5, 5.41) is 2.90. The largest absolute Gasteiger partial charge is 0.444 e. The lowest BCUT2D eigenvalue weighted by molar-refractivity contribution is 0.0509. The fourth-order valence-corrected chi connectivity index (χ4v) is 2.60. The fraction of sp³-hybridized carbons (Fsp3) is 0.529. The van der Waals surface area contributed by atoms with Gasteiger partial charge in [-0.1, -0.05) is 6.07 Å². The van der Waals surface area contributed by atoms with Crippen molar-refractivity contribution in [3.63, 3.8) is 0 Å². The smallest absolute Gasteiger partial charge is 0.407 e. The monoisotopic (exact) mass is 304 g/mol. The van der Waals surface area contributed by atoms with Crippen LogP contribution in [0.15, 0.2) is 18.2 Å². The Bertz CT molecular complexity index is 564. The molecule has 1 aliphatic heterocycles. The van der Waals surface area contributed by atoms with Crippen LogP contribution in [-0.2, 0) is 4.74 Å². The second-order valence-electron chi connectivity index (χ2n) is 6.76. The summed E-state index contributed by atoms with van der Waals surface area (Å²) in [5.41, 5.74) is 2.24. The number of rotatable bonds is 3. The molecule has 0 aromatic heterocycles. The maximum atomic E-state index is 11.8. The SMILES string of the molecule is Cc1ccc(C=O)c(N2CC[C@@H](NC(=O)OC(C)(C)C)C2)c1. The van der Waals surface area contributed by atoms with E-state index in [1.165, 1.54) is 0 Å². The molecule has 0 saturated carbocycles. The maximum absolute atomic E-state index is 11.8. The molecule has 5 nitrogen and oxygen atoms in total. The molecule has 0 bridgehead atoms. The standard InChI is InChI=1S/C17H24N2O3/c1-12-5-6-13(11-20)15(9-12)19-8-7-14(10-19)18-16(21)22-17(2,3)4/h5-6,9,11,14H,7-8,10H2,1-4H3,(H,18,21)/t14-/m1/s1. The third-order valence-electron chi connectivity index (χ3n) is 3.56. The zero-order valence-corrected chi connectivity index (χ0v) is 13.7. The molecule has 1 amide bonds. The minimum absolute atomic E-state index is 0.0369. The molecule has 2 rings (SSSR count). The van der Waals surface area contributed by atoms with Gasteiger partial charge in [0.2, 0.25) is 0 Å². The molecule has 1 atom stereocenters. The molecule has 0 unspecified atom stereocenters. The number of nitrogens with one attached hydrogen (secondary N) is 1. The molecule has 1 heterocycles. The third kappa shape index (κ3) is 4.23. The molecule has 120 valence electrons. The van der Waals surface area contributed by atoms with Crippen molar-refractivity contribution >= 4 is 18.1 Å². The zero-order valence-electron chi connectivity index (χ0n) is 13.7. The van der Waals surface area contributed by atoms with Crippen LogP contribution in [0.1, 0.15) is 43.1 Å². The molecule has 1 N–H and O–H groups in total. The number of hydrogen-bond donors (Lipinski definition) is 1. The first-order valence-corrected chi connectivity index (χ1v) is 7.59. The summed E-state index contributed by atoms with van der Waals surface area (Å²) in [4.78, 5) is 25.2. The highest BCUT2D eigenvalue weighted by atomic mass is 16.6. The van der Waals surface area contributed by atoms with Crippen molar-refractivity contribution < 1.29 is 14.3 Å². The van der Waals surface area contributed by atoms with Crippen LogP contribution in [0.4, 0.5) is 10.5 Å². The van der Waals surface area contributed by atoms with Crippen LogP contribution < -0.4 is 10.2 Å². The molecule has 1 saturated heterocycles. The Hall–Kier alpha value is -2.04. The number of anilines is 1. The van der Waals surface area contributed by atoms with E-state index in [0.29, 0.717) is 12.1 Å². The number of carbonyl (C=O) groups is 2. The van der Waals surface area contributed by atoms with Crippen LogP contribution in [0.25, 0.3) is 0 Å². The Balaban J connectivity index is 2.00. The Morgan fingerprint density at radius 3 is 2.77 bits per heavy atom. The van der Waals surface area contributed by atoms with Crippen molar-refractivity contribution in [3.05, 3.63) is 29.3 Å². The molecule has 0 radical (unpaired) electrons. The number of amides is 1. The molecule has 1 aliphatic rings. The molecule has 0 aliphatic carbocycles. The van der Waals surface area contributed by atoms with Gasteiger partial charge in [-0.05, 0) is 51.8 Å². The lowest BCUT2D eigenvalue weighted by Gasteiger charge is -2.23. The number of benzene rings is 1. The van der Waals surface area contributed by atoms with Crippen LogP contribution in [0.5, 0.6) is 0 Å². The molecule has 5 heteroatoms. The summed E-state index contributed by atoms with van der Waals surface area (Å²) in [6.45, 7) is 9.03. The number of alkyl carbamates (subject to hydrolysis) is 1. The van der Waals surface area contributed by atoms with Gasteiger partial charge in [0.05, 0.1) is 6.04 Å². The highest BCUT2D eigenvalue weighted by Gasteiger charge is 2.27. The van der Waals surface area contributed by atoms with E-state index in [9.17, 15) is 9.59 Å². The molecule has 0 spiro atoms. The highest BCUT2D eigenvalue weighted by Crippen LogP contribution is 2.25. The Morgan fingerprint density at radius 1 is 1.41 bits per heavy atom. The van der Waals surface area contributed by atoms with Gasteiger partial charge in [0.25, 0.3) is 0 Å². The quantitative estimate of drug-likeness (QED) is 0.872. The summed E-state index contributed by atoms with van der Waals surface area (Å²) in [7, 11) is 0. The zero-order chi connectivity index (χ0) is 16.3. The van der Waals surface area contributed by atoms with E-state index in [0.717, 1.165) is 30.5 Å². The second-order valence-corrected chi connectivity index (χ2v) is 6.76. The average Bonchev–Trinajstić information content (AvgIpc) is 2.84. The van der Waals surface area contributed by atoms with Crippen LogP contribution in [0.2, 0.25) is 0 Å². The summed E-state index contributed by atoms with van der Waals surface area (Å²) >= 11 is 0. The molecule has 1 aromatic carbocycles. The van der Waals surface area contributed by atoms with E-state index in [4.69, 9.17) is 4.74 Å². The maximum Gasteiger partial charge on any atom is 0.407 e. The van der Waals surface area contributed by atoms with E-state index < -0.39 is 5.60 Å². The number of hydrogen-bond acceptors (Lipinski definition) is 4. The normalized spacial score (nSPS) is 18.2. The van der Waals surface area contributed by atoms with E-state index in [-0.39, 0.29) is 12.1 Å². The number of aldehydes is 1. The summed E-state index contributed by atoms with van der Waals surface area (Å²) in [5.74, 6) is 0. The first kappa shape index (κ1) is 16.3. The van der Waals surface area contributed by atoms with Gasteiger partial charge in [-0.15, -0.1) is 0 Å². The Morgan fingerprint density at radius 2 is 2.14 bits per heavy atom. The van der Waals surface area contributed by atoms with Crippen molar-refractivity contribution in [1.29, 1.82) is 0 Å². The van der Waals surface area contributed by atoms with E-state index in [1.54, 1.807) is 0 Å². The first-order valence-electron chi connectivity index (χ1n) is 7.59. The predicted octanol–water partition coefficient (Wildman–Crippen LogP) is 2.91. The van der Waals surface area contributed by atoms with Crippen molar-refractivity contribution in [3.8, 4) is 0 Å². The number of aryl methyl sites for hydroxylation is 1. The van der Waals surface area contributed by atoms with Gasteiger partial charge < -0.3 is 15.0 Å². The second kappa shape index (κ2) is 6.38. The molecular formula is C17H24N2O3. The predicted molar refractivity (Wildman–Crippen MR) is 86.6 cm³/mol. The van der Waals surface area contributed by atoms with Gasteiger partial charge in [-0.25, -0.2) is 4.79 Å². The lowest BCUT2D eigenvalue weighted by Crippen LogP contribution is -2.40. The Labute approximate surface area is 131 Å². The van der Waals surface area contributed by atoms with Crippen LogP contribution >= 0.6 is 0 Å². The average molecular weight is 304 g/mol. The van der Waals surface area contributed by atoms with Gasteiger partial charge >= 0.3 is 6.09 Å². The van der Waals surface area contributed by atoms with Crippen molar-refractivity contribution in [2.45, 2.75) is 45.8 Å². The lowest BCUT2D eigenvalue weighted by atomic mass is 10.1. The molecule has 1 aromatic rings. The summed E-state index contributed by atoms with van der Waals surface area (Å²) < 4.78 is 5.28. The van der Waals surface area contributed by atoms with Gasteiger partial charge in [0, 0.05) is 24.3 Å². The van der Waals surface area contributed by atoms with Gasteiger partial charge in [0.15, 0.2) is 6.29 Å². The van der Waals surface area contributed by atoms with Crippen molar-refractivity contribution in [2.75, 3.05) is 18.0 Å². The number of carbonyl (C=O) groups excluding carboxylic acids is 2. The molecule has 22 heavy (non-hydrogen) atoms. The minimum Gasteiger partial charge on any atom is -0.444 e. The van der Waals surface area contributed by atoms with Crippen molar-refractivity contribution in [2.24, 2.45) is 0 Å². The number of ether oxygens (including phenoxy) is 1. The van der Waals surface area contributed by atoms with Gasteiger partial charge in [-0.3, -0.25) is 4.79 Å². The van der Waals surface area contributed by atoms with Gasteiger partial charge in [0.1, 0.15) is 5.60 Å². The van der Waals surface area contributed by atoms with Gasteiger partial charge in [-0.2, -0.15) is 0 Å². The van der Waals surface area contributed by atoms with Crippen LogP contribution in [0, 0.1) is 6.92 Å². The van der Waals surface area contributed by atoms with Crippen molar-refractivity contribution in [1.82, 2.24) is 5.32 Å². The number of nitrogens with zero attached hydrogens (tertiary/aromatic N) is 1. The molecular weight excluding hydrogens is 280 g/mol. The first-order chi connectivity index (χ1) is 10.3. The Kier molecular flexibility index (Phi) is 4.74. The summed E-state index contributed by atoms with van der Waals surface area (Å²) in [6, 6.07) is 5.82. The van der Waals surface area contributed by atoms with Crippen LogP contribution in [-0.4, -0.2) is 37.1 Å².